The zero-order chi connectivity index (χ0) is 20.2. The zero-order valence-corrected chi connectivity index (χ0v) is 18.0. The summed E-state index contributed by atoms with van der Waals surface area (Å²) in [5, 5.41) is 9.78. The molecular formula is C17H16Cl3NO4S2. The minimum absolute atomic E-state index is 0.0132. The molecule has 0 aliphatic heterocycles. The zero-order valence-electron chi connectivity index (χ0n) is 14.1. The highest BCUT2D eigenvalue weighted by atomic mass is 35.5. The lowest BCUT2D eigenvalue weighted by atomic mass is 10.0. The maximum absolute atomic E-state index is 12.4. The van der Waals surface area contributed by atoms with Crippen LogP contribution in [0.1, 0.15) is 12.5 Å². The molecule has 0 saturated carbocycles. The standard InChI is InChI=1S/C17H16Cl3NO4S2/c1-17(16(22)23,11-5-3-2-4-6-11)26-8-7-21-27(24,25)15-10-13(19)12(18)9-14(15)20/h2-6,9-10,21H,7-8H2,1H3,(H,22,23). The van der Waals surface area contributed by atoms with Crippen LogP contribution in [-0.4, -0.2) is 31.8 Å². The maximum atomic E-state index is 12.4. The molecule has 146 valence electrons. The van der Waals surface area contributed by atoms with Gasteiger partial charge in [-0.25, -0.2) is 13.1 Å². The minimum atomic E-state index is -3.92. The molecule has 2 N–H and O–H groups in total. The van der Waals surface area contributed by atoms with Gasteiger partial charge in [-0.15, -0.1) is 11.8 Å². The molecule has 2 aromatic rings. The van der Waals surface area contributed by atoms with E-state index in [1.165, 1.54) is 12.1 Å². The van der Waals surface area contributed by atoms with Gasteiger partial charge in [-0.05, 0) is 24.6 Å². The van der Waals surface area contributed by atoms with E-state index in [1.807, 2.05) is 0 Å². The first kappa shape index (κ1) is 22.3. The van der Waals surface area contributed by atoms with Gasteiger partial charge in [0.25, 0.3) is 0 Å². The van der Waals surface area contributed by atoms with Crippen molar-refractivity contribution in [3.05, 3.63) is 63.1 Å². The lowest BCUT2D eigenvalue weighted by molar-refractivity contribution is -0.139. The Morgan fingerprint density at radius 3 is 2.30 bits per heavy atom. The van der Waals surface area contributed by atoms with Gasteiger partial charge in [0.05, 0.1) is 15.1 Å². The normalized spacial score (nSPS) is 13.9. The molecule has 1 atom stereocenters. The number of carbonyl (C=O) groups is 1. The van der Waals surface area contributed by atoms with Crippen molar-refractivity contribution in [3.63, 3.8) is 0 Å². The average molecular weight is 469 g/mol. The minimum Gasteiger partial charge on any atom is -0.480 e. The third-order valence-corrected chi connectivity index (χ3v) is 7.83. The number of nitrogens with one attached hydrogen (secondary N) is 1. The molecule has 0 aliphatic rings. The van der Waals surface area contributed by atoms with E-state index in [-0.39, 0.29) is 32.3 Å². The molecule has 0 aliphatic carbocycles. The molecule has 1 unspecified atom stereocenters. The first-order chi connectivity index (χ1) is 12.6. The first-order valence-electron chi connectivity index (χ1n) is 7.65. The van der Waals surface area contributed by atoms with Crippen molar-refractivity contribution in [1.29, 1.82) is 0 Å². The molecule has 2 rings (SSSR count). The predicted octanol–water partition coefficient (Wildman–Crippen LogP) is 4.66. The van der Waals surface area contributed by atoms with Gasteiger partial charge in [-0.2, -0.15) is 0 Å². The summed E-state index contributed by atoms with van der Waals surface area (Å²) in [6.07, 6.45) is 0. The summed E-state index contributed by atoms with van der Waals surface area (Å²) in [6, 6.07) is 11.2. The fraction of sp³-hybridized carbons (Fsp3) is 0.235. The number of halogens is 3. The van der Waals surface area contributed by atoms with Gasteiger partial charge in [0.1, 0.15) is 9.64 Å². The van der Waals surface area contributed by atoms with E-state index in [1.54, 1.807) is 37.3 Å². The highest BCUT2D eigenvalue weighted by Crippen LogP contribution is 2.36. The average Bonchev–Trinajstić information content (AvgIpc) is 2.62. The van der Waals surface area contributed by atoms with Crippen molar-refractivity contribution < 1.29 is 18.3 Å². The molecule has 0 radical (unpaired) electrons. The third-order valence-electron chi connectivity index (χ3n) is 3.78. The van der Waals surface area contributed by atoms with Gasteiger partial charge in [0, 0.05) is 12.3 Å². The largest absolute Gasteiger partial charge is 0.480 e. The number of hydrogen-bond acceptors (Lipinski definition) is 4. The van der Waals surface area contributed by atoms with Crippen LogP contribution in [0.3, 0.4) is 0 Å². The number of thioether (sulfide) groups is 1. The van der Waals surface area contributed by atoms with Gasteiger partial charge in [0.2, 0.25) is 10.0 Å². The Hall–Kier alpha value is -0.960. The highest BCUT2D eigenvalue weighted by Gasteiger charge is 2.35. The summed E-state index contributed by atoms with van der Waals surface area (Å²) in [7, 11) is -3.92. The second-order valence-corrected chi connectivity index (χ2v) is 10.1. The lowest BCUT2D eigenvalue weighted by Crippen LogP contribution is -2.32. The summed E-state index contributed by atoms with van der Waals surface area (Å²) in [5.41, 5.74) is 0.623. The molecule has 10 heteroatoms. The second kappa shape index (κ2) is 9.03. The van der Waals surface area contributed by atoms with E-state index in [0.29, 0.717) is 5.56 Å². The number of hydrogen-bond donors (Lipinski definition) is 2. The van der Waals surface area contributed by atoms with Crippen molar-refractivity contribution in [2.75, 3.05) is 12.3 Å². The fourth-order valence-electron chi connectivity index (χ4n) is 2.24. The summed E-state index contributed by atoms with van der Waals surface area (Å²) < 4.78 is 26.0. The topological polar surface area (TPSA) is 83.5 Å². The van der Waals surface area contributed by atoms with Crippen LogP contribution < -0.4 is 4.72 Å². The SMILES string of the molecule is CC(SCCNS(=O)(=O)c1cc(Cl)c(Cl)cc1Cl)(C(=O)O)c1ccccc1. The number of rotatable bonds is 8. The fourth-order valence-corrected chi connectivity index (χ4v) is 5.44. The van der Waals surface area contributed by atoms with Crippen molar-refractivity contribution in [3.8, 4) is 0 Å². The van der Waals surface area contributed by atoms with Gasteiger partial charge in [0.15, 0.2) is 0 Å². The summed E-state index contributed by atoms with van der Waals surface area (Å²) in [4.78, 5) is 11.6. The lowest BCUT2D eigenvalue weighted by Gasteiger charge is -2.24. The summed E-state index contributed by atoms with van der Waals surface area (Å²) in [5.74, 6) is -0.773. The molecule has 27 heavy (non-hydrogen) atoms. The van der Waals surface area contributed by atoms with E-state index >= 15 is 0 Å². The van der Waals surface area contributed by atoms with Crippen LogP contribution in [0.5, 0.6) is 0 Å². The van der Waals surface area contributed by atoms with Crippen molar-refractivity contribution in [2.24, 2.45) is 0 Å². The van der Waals surface area contributed by atoms with Gasteiger partial charge in [-0.3, -0.25) is 4.79 Å². The monoisotopic (exact) mass is 467 g/mol. The Balaban J connectivity index is 2.07. The molecule has 0 heterocycles. The third kappa shape index (κ3) is 5.31. The Kier molecular flexibility index (Phi) is 7.47. The molecule has 0 saturated heterocycles. The van der Waals surface area contributed by atoms with Crippen molar-refractivity contribution in [2.45, 2.75) is 16.6 Å². The maximum Gasteiger partial charge on any atom is 0.324 e. The summed E-state index contributed by atoms with van der Waals surface area (Å²) >= 11 is 18.7. The quantitative estimate of drug-likeness (QED) is 0.435. The molecular weight excluding hydrogens is 453 g/mol. The number of carboxylic acid groups (broad SMARTS) is 1. The van der Waals surface area contributed by atoms with E-state index in [9.17, 15) is 18.3 Å². The predicted molar refractivity (Wildman–Crippen MR) is 111 cm³/mol. The Bertz CT molecular complexity index is 939. The molecule has 0 bridgehead atoms. The Morgan fingerprint density at radius 2 is 1.70 bits per heavy atom. The molecule has 0 amide bonds. The molecule has 0 spiro atoms. The van der Waals surface area contributed by atoms with Crippen LogP contribution in [0.2, 0.25) is 15.1 Å². The van der Waals surface area contributed by atoms with E-state index < -0.39 is 20.7 Å². The van der Waals surface area contributed by atoms with Gasteiger partial charge in [-0.1, -0.05) is 65.1 Å². The van der Waals surface area contributed by atoms with Gasteiger partial charge >= 0.3 is 5.97 Å². The van der Waals surface area contributed by atoms with E-state index in [4.69, 9.17) is 34.8 Å². The van der Waals surface area contributed by atoms with E-state index in [2.05, 4.69) is 4.72 Å². The molecule has 2 aromatic carbocycles. The van der Waals surface area contributed by atoms with Crippen LogP contribution >= 0.6 is 46.6 Å². The number of aliphatic carboxylic acids is 1. The van der Waals surface area contributed by atoms with E-state index in [0.717, 1.165) is 11.8 Å². The Labute approximate surface area is 177 Å². The number of carboxylic acids is 1. The van der Waals surface area contributed by atoms with Crippen LogP contribution in [0.25, 0.3) is 0 Å². The van der Waals surface area contributed by atoms with Gasteiger partial charge < -0.3 is 5.11 Å². The summed E-state index contributed by atoms with van der Waals surface area (Å²) in [6.45, 7) is 1.60. The number of sulfonamides is 1. The molecule has 5 nitrogen and oxygen atoms in total. The molecule has 0 fully saturated rings. The highest BCUT2D eigenvalue weighted by molar-refractivity contribution is 8.01. The van der Waals surface area contributed by atoms with Crippen molar-refractivity contribution in [1.82, 2.24) is 4.72 Å². The van der Waals surface area contributed by atoms with Crippen LogP contribution in [0.4, 0.5) is 0 Å². The molecule has 0 aromatic heterocycles. The smallest absolute Gasteiger partial charge is 0.324 e. The second-order valence-electron chi connectivity index (χ2n) is 5.65. The first-order valence-corrected chi connectivity index (χ1v) is 11.3. The number of benzene rings is 2. The van der Waals surface area contributed by atoms with Crippen LogP contribution in [-0.2, 0) is 19.6 Å². The Morgan fingerprint density at radius 1 is 1.11 bits per heavy atom. The van der Waals surface area contributed by atoms with Crippen molar-refractivity contribution >= 4 is 62.6 Å². The van der Waals surface area contributed by atoms with Crippen LogP contribution in [0, 0.1) is 0 Å². The van der Waals surface area contributed by atoms with Crippen LogP contribution in [0.15, 0.2) is 47.4 Å².